The molecule has 0 saturated heterocycles. The van der Waals surface area contributed by atoms with Crippen molar-refractivity contribution < 1.29 is 18.4 Å². The van der Waals surface area contributed by atoms with Crippen LogP contribution in [0.1, 0.15) is 38.3 Å². The van der Waals surface area contributed by atoms with Gasteiger partial charge in [-0.1, -0.05) is 6.07 Å². The smallest absolute Gasteiger partial charge is 0.190 e. The van der Waals surface area contributed by atoms with Crippen LogP contribution in [0.2, 0.25) is 0 Å². The molecule has 3 aromatic carbocycles. The number of carbonyl (C=O) groups is 2. The lowest BCUT2D eigenvalue weighted by atomic mass is 9.91. The van der Waals surface area contributed by atoms with Gasteiger partial charge in [-0.05, 0) is 85.6 Å². The first-order chi connectivity index (χ1) is 15.3. The number of halogens is 2. The van der Waals surface area contributed by atoms with Gasteiger partial charge in [0.15, 0.2) is 11.6 Å². The first-order valence-corrected chi connectivity index (χ1v) is 10.2. The van der Waals surface area contributed by atoms with E-state index in [-0.39, 0.29) is 18.0 Å². The molecule has 3 aromatic rings. The number of anilines is 1. The van der Waals surface area contributed by atoms with Crippen molar-refractivity contribution >= 4 is 17.3 Å². The maximum Gasteiger partial charge on any atom is 0.190 e. The van der Waals surface area contributed by atoms with Crippen molar-refractivity contribution in [3.8, 4) is 0 Å². The number of allylic oxidation sites excluding steroid dienone is 2. The largest absolute Gasteiger partial charge is 0.323 e. The maximum atomic E-state index is 13.3. The molecule has 0 spiro atoms. The third-order valence-corrected chi connectivity index (χ3v) is 5.27. The lowest BCUT2D eigenvalue weighted by Crippen LogP contribution is -2.21. The maximum absolute atomic E-state index is 13.3. The van der Waals surface area contributed by atoms with Gasteiger partial charge in [0.1, 0.15) is 11.6 Å². The number of benzene rings is 3. The fourth-order valence-electron chi connectivity index (χ4n) is 3.77. The van der Waals surface area contributed by atoms with Gasteiger partial charge in [0.2, 0.25) is 0 Å². The standard InChI is InChI=1S/C27H21F2NO2/c1-17-11-18(2)13-25(12-17)30-15-21(26(31)19-3-7-23(28)8-4-19)14-22(16-30)27(32)20-5-9-24(29)10-6-20/h3-13,15-16H,14H2,1-2H3. The van der Waals surface area contributed by atoms with Crippen LogP contribution in [0.25, 0.3) is 0 Å². The third-order valence-electron chi connectivity index (χ3n) is 5.27. The van der Waals surface area contributed by atoms with Crippen molar-refractivity contribution in [3.05, 3.63) is 124 Å². The van der Waals surface area contributed by atoms with Gasteiger partial charge in [0.25, 0.3) is 0 Å². The molecule has 3 nitrogen and oxygen atoms in total. The van der Waals surface area contributed by atoms with Crippen molar-refractivity contribution in [3.63, 3.8) is 0 Å². The van der Waals surface area contributed by atoms with Crippen molar-refractivity contribution in [1.82, 2.24) is 0 Å². The Morgan fingerprint density at radius 2 is 1.09 bits per heavy atom. The summed E-state index contributed by atoms with van der Waals surface area (Å²) >= 11 is 0. The quantitative estimate of drug-likeness (QED) is 0.445. The van der Waals surface area contributed by atoms with Crippen LogP contribution < -0.4 is 4.90 Å². The molecule has 0 N–H and O–H groups in total. The van der Waals surface area contributed by atoms with E-state index >= 15 is 0 Å². The second kappa shape index (κ2) is 8.71. The highest BCUT2D eigenvalue weighted by Gasteiger charge is 2.24. The van der Waals surface area contributed by atoms with E-state index in [1.54, 1.807) is 17.3 Å². The zero-order chi connectivity index (χ0) is 22.8. The molecule has 1 aliphatic rings. The Kier molecular flexibility index (Phi) is 5.82. The van der Waals surface area contributed by atoms with Crippen LogP contribution in [-0.2, 0) is 0 Å². The fraction of sp³-hybridized carbons (Fsp3) is 0.111. The molecule has 0 unspecified atom stereocenters. The Bertz CT molecular complexity index is 1160. The van der Waals surface area contributed by atoms with Crippen molar-refractivity contribution in [2.45, 2.75) is 20.3 Å². The minimum Gasteiger partial charge on any atom is -0.323 e. The Morgan fingerprint density at radius 3 is 1.50 bits per heavy atom. The molecule has 0 saturated carbocycles. The summed E-state index contributed by atoms with van der Waals surface area (Å²) in [5, 5.41) is 0. The van der Waals surface area contributed by atoms with Crippen LogP contribution >= 0.6 is 0 Å². The van der Waals surface area contributed by atoms with Gasteiger partial charge in [-0.2, -0.15) is 0 Å². The highest BCUT2D eigenvalue weighted by molar-refractivity contribution is 6.14. The molecule has 160 valence electrons. The first kappa shape index (κ1) is 21.4. The summed E-state index contributed by atoms with van der Waals surface area (Å²) in [5.74, 6) is -1.42. The first-order valence-electron chi connectivity index (χ1n) is 10.2. The topological polar surface area (TPSA) is 37.4 Å². The zero-order valence-electron chi connectivity index (χ0n) is 17.7. The summed E-state index contributed by atoms with van der Waals surface area (Å²) in [6.45, 7) is 3.95. The van der Waals surface area contributed by atoms with Crippen molar-refractivity contribution in [2.75, 3.05) is 4.90 Å². The van der Waals surface area contributed by atoms with Crippen LogP contribution in [0, 0.1) is 25.5 Å². The highest BCUT2D eigenvalue weighted by atomic mass is 19.1. The predicted molar refractivity (Wildman–Crippen MR) is 121 cm³/mol. The number of nitrogens with zero attached hydrogens (tertiary/aromatic N) is 1. The molecule has 32 heavy (non-hydrogen) atoms. The van der Waals surface area contributed by atoms with Gasteiger partial charge in [0, 0.05) is 46.8 Å². The van der Waals surface area contributed by atoms with Gasteiger partial charge in [-0.15, -0.1) is 0 Å². The monoisotopic (exact) mass is 429 g/mol. The van der Waals surface area contributed by atoms with E-state index in [0.29, 0.717) is 22.3 Å². The van der Waals surface area contributed by atoms with E-state index in [1.165, 1.54) is 48.5 Å². The molecule has 0 aliphatic carbocycles. The lowest BCUT2D eigenvalue weighted by molar-refractivity contribution is 0.102. The molecule has 0 atom stereocenters. The molecule has 0 bridgehead atoms. The molecule has 1 aliphatic heterocycles. The molecule has 4 rings (SSSR count). The Hall–Kier alpha value is -3.86. The Balaban J connectivity index is 1.75. The van der Waals surface area contributed by atoms with E-state index in [1.807, 2.05) is 32.0 Å². The Morgan fingerprint density at radius 1 is 0.688 bits per heavy atom. The molecular weight excluding hydrogens is 408 g/mol. The average molecular weight is 429 g/mol. The van der Waals surface area contributed by atoms with Gasteiger partial charge in [-0.25, -0.2) is 8.78 Å². The summed E-state index contributed by atoms with van der Waals surface area (Å²) in [4.78, 5) is 28.1. The van der Waals surface area contributed by atoms with E-state index in [9.17, 15) is 18.4 Å². The average Bonchev–Trinajstić information content (AvgIpc) is 2.78. The van der Waals surface area contributed by atoms with Crippen molar-refractivity contribution in [1.29, 1.82) is 0 Å². The summed E-state index contributed by atoms with van der Waals surface area (Å²) in [5.41, 5.74) is 4.40. The highest BCUT2D eigenvalue weighted by Crippen LogP contribution is 2.30. The van der Waals surface area contributed by atoms with Crippen LogP contribution in [0.5, 0.6) is 0 Å². The third kappa shape index (κ3) is 4.57. The lowest BCUT2D eigenvalue weighted by Gasteiger charge is -2.25. The van der Waals surface area contributed by atoms with Crippen LogP contribution in [0.15, 0.2) is 90.3 Å². The second-order valence-corrected chi connectivity index (χ2v) is 7.91. The van der Waals surface area contributed by atoms with Gasteiger partial charge in [-0.3, -0.25) is 9.59 Å². The number of carbonyl (C=O) groups excluding carboxylic acids is 2. The normalized spacial score (nSPS) is 13.4. The predicted octanol–water partition coefficient (Wildman–Crippen LogP) is 6.33. The van der Waals surface area contributed by atoms with Crippen LogP contribution in [0.3, 0.4) is 0 Å². The van der Waals surface area contributed by atoms with E-state index in [0.717, 1.165) is 16.8 Å². The number of hydrogen-bond acceptors (Lipinski definition) is 3. The SMILES string of the molecule is Cc1cc(C)cc(N2C=C(C(=O)c3ccc(F)cc3)CC(C(=O)c3ccc(F)cc3)=C2)c1. The number of Topliss-reactive ketones (excluding diaryl/α,β-unsaturated/α-hetero) is 2. The van der Waals surface area contributed by atoms with Crippen molar-refractivity contribution in [2.24, 2.45) is 0 Å². The molecule has 0 radical (unpaired) electrons. The minimum atomic E-state index is -0.428. The summed E-state index contributed by atoms with van der Waals surface area (Å²) in [6, 6.07) is 16.6. The number of hydrogen-bond donors (Lipinski definition) is 0. The fourth-order valence-corrected chi connectivity index (χ4v) is 3.77. The zero-order valence-corrected chi connectivity index (χ0v) is 17.7. The number of rotatable bonds is 5. The van der Waals surface area contributed by atoms with Crippen LogP contribution in [-0.4, -0.2) is 11.6 Å². The molecule has 0 amide bonds. The Labute approximate surface area is 185 Å². The second-order valence-electron chi connectivity index (χ2n) is 7.91. The van der Waals surface area contributed by atoms with E-state index in [4.69, 9.17) is 0 Å². The minimum absolute atomic E-state index is 0.119. The number of ketones is 2. The molecule has 0 fully saturated rings. The summed E-state index contributed by atoms with van der Waals surface area (Å²) in [6.07, 6.45) is 3.54. The van der Waals surface area contributed by atoms with Gasteiger partial charge in [0.05, 0.1) is 0 Å². The number of aryl methyl sites for hydroxylation is 2. The van der Waals surface area contributed by atoms with E-state index in [2.05, 4.69) is 0 Å². The van der Waals surface area contributed by atoms with Gasteiger partial charge < -0.3 is 4.90 Å². The summed E-state index contributed by atoms with van der Waals surface area (Å²) < 4.78 is 26.6. The van der Waals surface area contributed by atoms with Gasteiger partial charge >= 0.3 is 0 Å². The van der Waals surface area contributed by atoms with Crippen LogP contribution in [0.4, 0.5) is 14.5 Å². The van der Waals surface area contributed by atoms with E-state index < -0.39 is 11.6 Å². The summed E-state index contributed by atoms with van der Waals surface area (Å²) in [7, 11) is 0. The molecule has 5 heteroatoms. The molecule has 1 heterocycles. The molecular formula is C27H21F2NO2. The molecule has 0 aromatic heterocycles.